The summed E-state index contributed by atoms with van der Waals surface area (Å²) < 4.78 is 33.4. The van der Waals surface area contributed by atoms with Crippen LogP contribution in [0.2, 0.25) is 58.9 Å². The van der Waals surface area contributed by atoms with Crippen LogP contribution in [0.5, 0.6) is 0 Å². The Morgan fingerprint density at radius 1 is 0.978 bits per heavy atom. The number of epoxide rings is 1. The van der Waals surface area contributed by atoms with Crippen LogP contribution < -0.4 is 5.01 Å². The minimum Gasteiger partial charge on any atom is -0.415 e. The van der Waals surface area contributed by atoms with Gasteiger partial charge in [0.05, 0.1) is 54.6 Å². The molecule has 0 saturated carbocycles. The molecule has 4 rings (SSSR count). The van der Waals surface area contributed by atoms with E-state index in [1.807, 2.05) is 35.3 Å². The first-order valence-electron chi connectivity index (χ1n) is 17.1. The largest absolute Gasteiger partial charge is 0.415 e. The lowest BCUT2D eigenvalue weighted by Gasteiger charge is -2.47. The molecule has 3 aliphatic heterocycles. The first kappa shape index (κ1) is 37.2. The van der Waals surface area contributed by atoms with Crippen molar-refractivity contribution in [1.82, 2.24) is 0 Å². The van der Waals surface area contributed by atoms with E-state index >= 15 is 0 Å². The third kappa shape index (κ3) is 10.7. The van der Waals surface area contributed by atoms with Gasteiger partial charge >= 0.3 is 0 Å². The Morgan fingerprint density at radius 3 is 2.20 bits per heavy atom. The molecule has 256 valence electrons. The summed E-state index contributed by atoms with van der Waals surface area (Å²) in [5.74, 6) is 0.531. The molecule has 0 spiro atoms. The van der Waals surface area contributed by atoms with Gasteiger partial charge in [-0.15, -0.1) is 0 Å². The van der Waals surface area contributed by atoms with Gasteiger partial charge in [-0.05, 0) is 104 Å². The molecule has 2 saturated heterocycles. The first-order chi connectivity index (χ1) is 21.3. The molecule has 0 N–H and O–H groups in total. The summed E-state index contributed by atoms with van der Waals surface area (Å²) >= 11 is 0. The molecular weight excluding hydrogens is 627 g/mol. The molecular formula is C35H59N3O5Si3. The number of nitriles is 1. The van der Waals surface area contributed by atoms with E-state index in [1.165, 1.54) is 5.57 Å². The Kier molecular flexibility index (Phi) is 12.0. The molecule has 0 amide bonds. The Morgan fingerprint density at radius 2 is 1.61 bits per heavy atom. The average Bonchev–Trinajstić information content (AvgIpc) is 3.58. The van der Waals surface area contributed by atoms with Gasteiger partial charge in [-0.1, -0.05) is 30.7 Å². The molecule has 2 fully saturated rings. The van der Waals surface area contributed by atoms with E-state index in [2.05, 4.69) is 91.8 Å². The summed E-state index contributed by atoms with van der Waals surface area (Å²) in [7, 11) is -5.49. The summed E-state index contributed by atoms with van der Waals surface area (Å²) in [5.41, 5.74) is 3.01. The normalized spacial score (nSPS) is 30.5. The number of hydrogen-bond acceptors (Lipinski definition) is 8. The lowest BCUT2D eigenvalue weighted by Crippen LogP contribution is -2.58. The predicted molar refractivity (Wildman–Crippen MR) is 195 cm³/mol. The summed E-state index contributed by atoms with van der Waals surface area (Å²) in [6.07, 6.45) is 4.58. The quantitative estimate of drug-likeness (QED) is 0.145. The molecule has 0 bridgehead atoms. The van der Waals surface area contributed by atoms with Gasteiger partial charge in [0, 0.05) is 24.4 Å². The third-order valence-electron chi connectivity index (χ3n) is 8.65. The number of anilines is 1. The zero-order valence-corrected chi connectivity index (χ0v) is 33.4. The van der Waals surface area contributed by atoms with Crippen molar-refractivity contribution in [2.24, 2.45) is 16.9 Å². The van der Waals surface area contributed by atoms with Crippen molar-refractivity contribution in [2.45, 2.75) is 142 Å². The highest BCUT2D eigenvalue weighted by molar-refractivity contribution is 6.70. The van der Waals surface area contributed by atoms with Crippen LogP contribution in [-0.4, -0.2) is 79.9 Å². The Labute approximate surface area is 281 Å². The fourth-order valence-electron chi connectivity index (χ4n) is 6.66. The van der Waals surface area contributed by atoms with Crippen molar-refractivity contribution in [1.29, 1.82) is 5.26 Å². The van der Waals surface area contributed by atoms with Crippen LogP contribution in [0, 0.1) is 23.2 Å². The van der Waals surface area contributed by atoms with Gasteiger partial charge in [0.15, 0.2) is 25.0 Å². The van der Waals surface area contributed by atoms with Crippen LogP contribution in [0.15, 0.2) is 47.1 Å². The first-order valence-corrected chi connectivity index (χ1v) is 27.3. The summed E-state index contributed by atoms with van der Waals surface area (Å²) in [4.78, 5) is 0. The topological polar surface area (TPSA) is 88.8 Å². The van der Waals surface area contributed by atoms with Gasteiger partial charge in [0.1, 0.15) is 6.04 Å². The van der Waals surface area contributed by atoms with E-state index in [0.29, 0.717) is 18.9 Å². The van der Waals surface area contributed by atoms with Crippen molar-refractivity contribution in [3.63, 3.8) is 0 Å². The molecule has 3 heterocycles. The van der Waals surface area contributed by atoms with Crippen molar-refractivity contribution in [3.05, 3.63) is 42.0 Å². The molecule has 46 heavy (non-hydrogen) atoms. The fourth-order valence-corrected chi connectivity index (χ4v) is 10.2. The molecule has 8 nitrogen and oxygen atoms in total. The lowest BCUT2D eigenvalue weighted by molar-refractivity contribution is -0.152. The van der Waals surface area contributed by atoms with E-state index in [-0.39, 0.29) is 48.6 Å². The molecule has 0 aromatic heterocycles. The Bertz CT molecular complexity index is 1270. The van der Waals surface area contributed by atoms with Gasteiger partial charge < -0.3 is 22.8 Å². The Balaban J connectivity index is 1.50. The minimum atomic E-state index is -1.95. The van der Waals surface area contributed by atoms with Crippen molar-refractivity contribution >= 4 is 36.4 Å². The lowest BCUT2D eigenvalue weighted by atomic mass is 9.85. The van der Waals surface area contributed by atoms with Crippen LogP contribution in [-0.2, 0) is 22.8 Å². The van der Waals surface area contributed by atoms with Crippen LogP contribution in [0.1, 0.15) is 40.0 Å². The zero-order valence-electron chi connectivity index (χ0n) is 30.4. The van der Waals surface area contributed by atoms with E-state index < -0.39 is 25.0 Å². The number of ether oxygens (including phenoxy) is 2. The number of rotatable bonds is 14. The van der Waals surface area contributed by atoms with Gasteiger partial charge in [0.2, 0.25) is 0 Å². The monoisotopic (exact) mass is 685 g/mol. The van der Waals surface area contributed by atoms with Crippen molar-refractivity contribution in [3.8, 4) is 6.07 Å². The highest BCUT2D eigenvalue weighted by Gasteiger charge is 2.51. The SMILES string of the molecule is C/C(=C\C1=NN(c2ccccc2)C(C#N)C1)C[C@@H]1OC[C@H](C[C@@H]2O[C@H]2[C@@H](C)[C@H](C)O[Si](C)(C)C)[C@@H](O[Si](C)(C)C)[C@H]1O[Si](C)(C)C. The summed E-state index contributed by atoms with van der Waals surface area (Å²) in [6.45, 7) is 27.5. The molecule has 1 aromatic carbocycles. The predicted octanol–water partition coefficient (Wildman–Crippen LogP) is 7.97. The highest BCUT2D eigenvalue weighted by atomic mass is 28.4. The maximum atomic E-state index is 9.84. The van der Waals surface area contributed by atoms with Gasteiger partial charge in [-0.25, -0.2) is 5.01 Å². The Hall–Kier alpha value is -1.63. The number of para-hydroxylation sites is 1. The molecule has 1 aromatic rings. The van der Waals surface area contributed by atoms with Crippen LogP contribution in [0.3, 0.4) is 0 Å². The number of allylic oxidation sites excluding steroid dienone is 1. The number of nitrogens with zero attached hydrogens (tertiary/aromatic N) is 3. The zero-order chi connectivity index (χ0) is 34.0. The fraction of sp³-hybridized carbons (Fsp3) is 0.714. The second-order valence-corrected chi connectivity index (χ2v) is 29.9. The van der Waals surface area contributed by atoms with E-state index in [1.54, 1.807) is 0 Å². The molecule has 11 heteroatoms. The third-order valence-corrected chi connectivity index (χ3v) is 11.7. The van der Waals surface area contributed by atoms with E-state index in [4.69, 9.17) is 27.9 Å². The maximum absolute atomic E-state index is 9.84. The molecule has 9 atom stereocenters. The maximum Gasteiger partial charge on any atom is 0.184 e. The van der Waals surface area contributed by atoms with Crippen LogP contribution in [0.25, 0.3) is 0 Å². The molecule has 1 unspecified atom stereocenters. The molecule has 0 radical (unpaired) electrons. The highest BCUT2D eigenvalue weighted by Crippen LogP contribution is 2.42. The average molecular weight is 686 g/mol. The van der Waals surface area contributed by atoms with Crippen LogP contribution in [0.4, 0.5) is 5.69 Å². The van der Waals surface area contributed by atoms with Crippen molar-refractivity contribution < 1.29 is 22.8 Å². The summed E-state index contributed by atoms with van der Waals surface area (Å²) in [5, 5.41) is 16.5. The number of benzene rings is 1. The second-order valence-electron chi connectivity index (χ2n) is 16.5. The second kappa shape index (κ2) is 14.9. The summed E-state index contributed by atoms with van der Waals surface area (Å²) in [6, 6.07) is 12.0. The minimum absolute atomic E-state index is 0.0545. The van der Waals surface area contributed by atoms with Gasteiger partial charge in [-0.3, -0.25) is 0 Å². The standard InChI is InChI=1S/C35H59N3O5Si3/c1-24(18-28-21-30(22-36)38(37-28)29-16-14-13-15-17-29)19-31-35(43-46(10,11)12)34(42-45(7,8)9)27(23-39-31)20-32-33(40-32)25(2)26(3)41-44(4,5)6/h13-18,25-27,30-35H,19-21,23H2,1-12H3/b24-18+/t25-,26-,27-,30?,31-,32-,33-,34+,35-/m0/s1. The van der Waals surface area contributed by atoms with E-state index in [9.17, 15) is 5.26 Å². The molecule has 3 aliphatic rings. The van der Waals surface area contributed by atoms with Crippen molar-refractivity contribution in [2.75, 3.05) is 11.6 Å². The van der Waals surface area contributed by atoms with E-state index in [0.717, 1.165) is 24.2 Å². The smallest absolute Gasteiger partial charge is 0.184 e. The molecule has 0 aliphatic carbocycles. The van der Waals surface area contributed by atoms with Gasteiger partial charge in [0.25, 0.3) is 0 Å². The van der Waals surface area contributed by atoms with Crippen LogP contribution >= 0.6 is 0 Å². The number of hydrazone groups is 1. The number of hydrogen-bond donors (Lipinski definition) is 0. The van der Waals surface area contributed by atoms with Gasteiger partial charge in [-0.2, -0.15) is 10.4 Å².